The van der Waals surface area contributed by atoms with Crippen LogP contribution in [0.2, 0.25) is 0 Å². The van der Waals surface area contributed by atoms with Gasteiger partial charge in [-0.25, -0.2) is 4.79 Å². The molecular weight excluding hydrogens is 216 g/mol. The highest BCUT2D eigenvalue weighted by Gasteiger charge is 2.00. The van der Waals surface area contributed by atoms with Crippen molar-refractivity contribution in [2.24, 2.45) is 0 Å². The molecule has 0 atom stereocenters. The predicted octanol–water partition coefficient (Wildman–Crippen LogP) is 3.02. The third kappa shape index (κ3) is 6.40. The van der Waals surface area contributed by atoms with Crippen LogP contribution in [-0.2, 0) is 14.3 Å². The minimum Gasteiger partial charge on any atom is -0.489 e. The van der Waals surface area contributed by atoms with E-state index in [1.807, 2.05) is 37.3 Å². The Labute approximate surface area is 102 Å². The van der Waals surface area contributed by atoms with Crippen molar-refractivity contribution in [1.29, 1.82) is 0 Å². The average molecular weight is 234 g/mol. The fourth-order valence-corrected chi connectivity index (χ4v) is 1.18. The zero-order valence-corrected chi connectivity index (χ0v) is 10.1. The number of esters is 1. The van der Waals surface area contributed by atoms with Gasteiger partial charge in [0.05, 0.1) is 12.9 Å². The van der Waals surface area contributed by atoms with E-state index in [2.05, 4.69) is 0 Å². The van der Waals surface area contributed by atoms with E-state index in [4.69, 9.17) is 9.47 Å². The molecule has 0 unspecified atom stereocenters. The molecule has 0 aliphatic carbocycles. The van der Waals surface area contributed by atoms with Crippen LogP contribution in [0.5, 0.6) is 0 Å². The Balaban J connectivity index is 2.15. The molecule has 1 aromatic rings. The van der Waals surface area contributed by atoms with Crippen LogP contribution in [0.1, 0.15) is 25.3 Å². The standard InChI is InChI=1S/C14H18O3/c1-2-3-10-17-14(15)12-16-11-9-13-7-5-4-6-8-13/h4-9,11H,2-3,10,12H2,1H3. The largest absolute Gasteiger partial charge is 0.489 e. The maximum Gasteiger partial charge on any atom is 0.344 e. The lowest BCUT2D eigenvalue weighted by molar-refractivity contribution is -0.147. The first-order valence-corrected chi connectivity index (χ1v) is 5.81. The molecule has 0 aliphatic rings. The van der Waals surface area contributed by atoms with Gasteiger partial charge >= 0.3 is 5.97 Å². The van der Waals surface area contributed by atoms with Crippen LogP contribution in [0.3, 0.4) is 0 Å². The van der Waals surface area contributed by atoms with Crippen molar-refractivity contribution < 1.29 is 14.3 Å². The smallest absolute Gasteiger partial charge is 0.344 e. The number of hydrogen-bond donors (Lipinski definition) is 0. The molecule has 0 heterocycles. The van der Waals surface area contributed by atoms with E-state index >= 15 is 0 Å². The average Bonchev–Trinajstić information content (AvgIpc) is 2.36. The molecule has 92 valence electrons. The zero-order chi connectivity index (χ0) is 12.3. The van der Waals surface area contributed by atoms with Crippen molar-refractivity contribution in [3.8, 4) is 0 Å². The van der Waals surface area contributed by atoms with E-state index in [0.29, 0.717) is 6.61 Å². The molecule has 3 heteroatoms. The van der Waals surface area contributed by atoms with Crippen LogP contribution >= 0.6 is 0 Å². The Morgan fingerprint density at radius 1 is 1.29 bits per heavy atom. The highest BCUT2D eigenvalue weighted by molar-refractivity contribution is 5.70. The van der Waals surface area contributed by atoms with Gasteiger partial charge in [0.25, 0.3) is 0 Å². The zero-order valence-electron chi connectivity index (χ0n) is 10.1. The lowest BCUT2D eigenvalue weighted by Crippen LogP contribution is -2.11. The Morgan fingerprint density at radius 3 is 2.76 bits per heavy atom. The lowest BCUT2D eigenvalue weighted by Gasteiger charge is -2.02. The van der Waals surface area contributed by atoms with Crippen LogP contribution in [0.15, 0.2) is 36.6 Å². The molecule has 1 aromatic carbocycles. The summed E-state index contributed by atoms with van der Waals surface area (Å²) in [6, 6.07) is 9.75. The number of rotatable bonds is 7. The number of ether oxygens (including phenoxy) is 2. The molecule has 3 nitrogen and oxygen atoms in total. The first-order valence-electron chi connectivity index (χ1n) is 5.81. The minimum absolute atomic E-state index is 0.0347. The van der Waals surface area contributed by atoms with Gasteiger partial charge in [-0.15, -0.1) is 0 Å². The van der Waals surface area contributed by atoms with E-state index in [1.54, 1.807) is 6.08 Å². The van der Waals surface area contributed by atoms with Crippen molar-refractivity contribution in [2.75, 3.05) is 13.2 Å². The first kappa shape index (κ1) is 13.3. The SMILES string of the molecule is CCCCOC(=O)COC=Cc1ccccc1. The summed E-state index contributed by atoms with van der Waals surface area (Å²) in [5.41, 5.74) is 1.03. The molecule has 0 aliphatic heterocycles. The Morgan fingerprint density at radius 2 is 2.06 bits per heavy atom. The number of unbranched alkanes of at least 4 members (excludes halogenated alkanes) is 1. The van der Waals surface area contributed by atoms with E-state index in [1.165, 1.54) is 6.26 Å². The van der Waals surface area contributed by atoms with Gasteiger partial charge in [0, 0.05) is 0 Å². The van der Waals surface area contributed by atoms with Gasteiger partial charge in [0.2, 0.25) is 0 Å². The number of hydrogen-bond acceptors (Lipinski definition) is 3. The summed E-state index contributed by atoms with van der Waals surface area (Å²) >= 11 is 0. The van der Waals surface area contributed by atoms with Crippen LogP contribution in [-0.4, -0.2) is 19.2 Å². The monoisotopic (exact) mass is 234 g/mol. The highest BCUT2D eigenvalue weighted by Crippen LogP contribution is 2.00. The summed E-state index contributed by atoms with van der Waals surface area (Å²) in [4.78, 5) is 11.1. The van der Waals surface area contributed by atoms with Crippen molar-refractivity contribution in [1.82, 2.24) is 0 Å². The van der Waals surface area contributed by atoms with Crippen molar-refractivity contribution >= 4 is 12.0 Å². The van der Waals surface area contributed by atoms with E-state index in [9.17, 15) is 4.79 Å². The van der Waals surface area contributed by atoms with E-state index < -0.39 is 0 Å². The molecule has 0 spiro atoms. The summed E-state index contributed by atoms with van der Waals surface area (Å²) < 4.78 is 10.0. The van der Waals surface area contributed by atoms with Crippen LogP contribution in [0.4, 0.5) is 0 Å². The summed E-state index contributed by atoms with van der Waals surface area (Å²) in [5, 5.41) is 0. The molecule has 0 saturated heterocycles. The van der Waals surface area contributed by atoms with Gasteiger partial charge in [0.1, 0.15) is 0 Å². The van der Waals surface area contributed by atoms with E-state index in [0.717, 1.165) is 18.4 Å². The van der Waals surface area contributed by atoms with Crippen LogP contribution in [0, 0.1) is 0 Å². The summed E-state index contributed by atoms with van der Waals surface area (Å²) in [5.74, 6) is -0.323. The topological polar surface area (TPSA) is 35.5 Å². The Hall–Kier alpha value is -1.77. The number of carbonyl (C=O) groups is 1. The highest BCUT2D eigenvalue weighted by atomic mass is 16.6. The van der Waals surface area contributed by atoms with Crippen molar-refractivity contribution in [2.45, 2.75) is 19.8 Å². The molecule has 0 radical (unpaired) electrons. The second-order valence-corrected chi connectivity index (χ2v) is 3.60. The maximum atomic E-state index is 11.1. The Bertz CT molecular complexity index is 344. The van der Waals surface area contributed by atoms with Crippen molar-refractivity contribution in [3.05, 3.63) is 42.2 Å². The van der Waals surface area contributed by atoms with Crippen LogP contribution in [0.25, 0.3) is 6.08 Å². The number of carbonyl (C=O) groups excluding carboxylic acids is 1. The normalized spacial score (nSPS) is 10.4. The summed E-state index contributed by atoms with van der Waals surface area (Å²) in [6.45, 7) is 2.49. The second kappa shape index (κ2) is 8.39. The first-order chi connectivity index (χ1) is 8.33. The summed E-state index contributed by atoms with van der Waals surface area (Å²) in [6.07, 6.45) is 5.23. The van der Waals surface area contributed by atoms with Gasteiger partial charge in [-0.2, -0.15) is 0 Å². The third-order valence-corrected chi connectivity index (χ3v) is 2.12. The van der Waals surface area contributed by atoms with Gasteiger partial charge in [0.15, 0.2) is 6.61 Å². The molecule has 1 rings (SSSR count). The molecule has 0 fully saturated rings. The molecule has 0 saturated carbocycles. The molecule has 0 bridgehead atoms. The fourth-order valence-electron chi connectivity index (χ4n) is 1.18. The van der Waals surface area contributed by atoms with Gasteiger partial charge in [-0.1, -0.05) is 43.7 Å². The maximum absolute atomic E-state index is 11.1. The Kier molecular flexibility index (Phi) is 6.56. The van der Waals surface area contributed by atoms with Crippen LogP contribution < -0.4 is 0 Å². The molecular formula is C14H18O3. The molecule has 0 N–H and O–H groups in total. The predicted molar refractivity (Wildman–Crippen MR) is 67.3 cm³/mol. The second-order valence-electron chi connectivity index (χ2n) is 3.60. The van der Waals surface area contributed by atoms with E-state index in [-0.39, 0.29) is 12.6 Å². The number of benzene rings is 1. The fraction of sp³-hybridized carbons (Fsp3) is 0.357. The molecule has 0 aromatic heterocycles. The quantitative estimate of drug-likeness (QED) is 0.413. The van der Waals surface area contributed by atoms with Gasteiger partial charge < -0.3 is 9.47 Å². The third-order valence-electron chi connectivity index (χ3n) is 2.12. The lowest BCUT2D eigenvalue weighted by atomic mass is 10.2. The minimum atomic E-state index is -0.323. The van der Waals surface area contributed by atoms with Gasteiger partial charge in [-0.3, -0.25) is 0 Å². The van der Waals surface area contributed by atoms with Crippen molar-refractivity contribution in [3.63, 3.8) is 0 Å². The molecule has 17 heavy (non-hydrogen) atoms. The molecule has 0 amide bonds. The summed E-state index contributed by atoms with van der Waals surface area (Å²) in [7, 11) is 0. The van der Waals surface area contributed by atoms with Gasteiger partial charge in [-0.05, 0) is 18.1 Å².